The van der Waals surface area contributed by atoms with E-state index in [-0.39, 0.29) is 0 Å². The maximum atomic E-state index is 6.58. The van der Waals surface area contributed by atoms with E-state index < -0.39 is 0 Å². The summed E-state index contributed by atoms with van der Waals surface area (Å²) < 4.78 is 6.58. The predicted molar refractivity (Wildman–Crippen MR) is 201 cm³/mol. The van der Waals surface area contributed by atoms with E-state index in [1.54, 1.807) is 0 Å². The molecule has 0 saturated carbocycles. The van der Waals surface area contributed by atoms with Gasteiger partial charge in [-0.2, -0.15) is 0 Å². The molecule has 8 aromatic carbocycles. The highest BCUT2D eigenvalue weighted by Gasteiger charge is 2.17. The molecule has 0 unspecified atom stereocenters. The molecule has 49 heavy (non-hydrogen) atoms. The van der Waals surface area contributed by atoms with Gasteiger partial charge < -0.3 is 4.42 Å². The van der Waals surface area contributed by atoms with Crippen LogP contribution in [0, 0.1) is 0 Å². The van der Waals surface area contributed by atoms with Crippen molar-refractivity contribution < 1.29 is 4.42 Å². The van der Waals surface area contributed by atoms with E-state index >= 15 is 0 Å². The van der Waals surface area contributed by atoms with Crippen molar-refractivity contribution in [3.63, 3.8) is 0 Å². The summed E-state index contributed by atoms with van der Waals surface area (Å²) in [4.78, 5) is 14.8. The third-order valence-electron chi connectivity index (χ3n) is 9.50. The van der Waals surface area contributed by atoms with Gasteiger partial charge in [-0.05, 0) is 56.3 Å². The Kier molecular flexibility index (Phi) is 6.15. The van der Waals surface area contributed by atoms with E-state index in [0.717, 1.165) is 65.9 Å². The first-order valence-electron chi connectivity index (χ1n) is 16.4. The van der Waals surface area contributed by atoms with Crippen LogP contribution in [0.1, 0.15) is 0 Å². The Hall–Kier alpha value is -6.65. The Labute approximate surface area is 282 Å². The second-order valence-corrected chi connectivity index (χ2v) is 12.4. The topological polar surface area (TPSA) is 51.8 Å². The fraction of sp³-hybridized carbons (Fsp3) is 0. The van der Waals surface area contributed by atoms with Gasteiger partial charge in [0.25, 0.3) is 0 Å². The van der Waals surface area contributed by atoms with Crippen LogP contribution in [0.15, 0.2) is 168 Å². The number of benzene rings is 8. The normalized spacial score (nSPS) is 11.7. The van der Waals surface area contributed by atoms with Crippen LogP contribution < -0.4 is 0 Å². The lowest BCUT2D eigenvalue weighted by Gasteiger charge is -2.11. The highest BCUT2D eigenvalue weighted by molar-refractivity contribution is 6.30. The van der Waals surface area contributed by atoms with Crippen molar-refractivity contribution >= 4 is 54.3 Å². The Morgan fingerprint density at radius 1 is 0.347 bits per heavy atom. The summed E-state index contributed by atoms with van der Waals surface area (Å²) in [6.07, 6.45) is 0. The molecule has 228 valence electrons. The minimum Gasteiger partial charge on any atom is -0.455 e. The molecular formula is C45H27N3O. The average Bonchev–Trinajstić information content (AvgIpc) is 3.57. The summed E-state index contributed by atoms with van der Waals surface area (Å²) in [5.74, 6) is 1.95. The van der Waals surface area contributed by atoms with Gasteiger partial charge in [-0.25, -0.2) is 15.0 Å². The molecule has 2 heterocycles. The molecule has 0 N–H and O–H groups in total. The molecule has 0 aliphatic heterocycles. The molecule has 0 spiro atoms. The number of aromatic nitrogens is 3. The molecule has 0 bridgehead atoms. The van der Waals surface area contributed by atoms with Gasteiger partial charge in [0.2, 0.25) is 0 Å². The first-order valence-corrected chi connectivity index (χ1v) is 16.4. The molecule has 4 heteroatoms. The van der Waals surface area contributed by atoms with Crippen molar-refractivity contribution in [2.24, 2.45) is 0 Å². The van der Waals surface area contributed by atoms with Crippen LogP contribution in [-0.4, -0.2) is 15.0 Å². The van der Waals surface area contributed by atoms with Crippen molar-refractivity contribution in [3.8, 4) is 45.3 Å². The van der Waals surface area contributed by atoms with Gasteiger partial charge in [-0.15, -0.1) is 0 Å². The van der Waals surface area contributed by atoms with Crippen LogP contribution in [0.4, 0.5) is 0 Å². The SMILES string of the molecule is c1ccc(-c2nc(-c3ccccc3)nc(-c3ccc4c(-c5ccc6oc7c8ccccc8c8ccccc8c7c6c5)cccc4c3)n2)cc1. The molecule has 0 atom stereocenters. The van der Waals surface area contributed by atoms with Crippen LogP contribution in [0.25, 0.3) is 99.5 Å². The fourth-order valence-corrected chi connectivity index (χ4v) is 7.19. The second kappa shape index (κ2) is 11.0. The summed E-state index contributed by atoms with van der Waals surface area (Å²) in [6, 6.07) is 56.9. The van der Waals surface area contributed by atoms with Crippen LogP contribution in [0.3, 0.4) is 0 Å². The average molecular weight is 626 g/mol. The number of rotatable bonds is 4. The summed E-state index contributed by atoms with van der Waals surface area (Å²) in [7, 11) is 0. The quantitative estimate of drug-likeness (QED) is 0.183. The van der Waals surface area contributed by atoms with Crippen molar-refractivity contribution in [1.82, 2.24) is 15.0 Å². The summed E-state index contributed by atoms with van der Waals surface area (Å²) in [5.41, 5.74) is 6.98. The van der Waals surface area contributed by atoms with Gasteiger partial charge in [0.15, 0.2) is 17.5 Å². The molecular weight excluding hydrogens is 599 g/mol. The van der Waals surface area contributed by atoms with Crippen LogP contribution in [-0.2, 0) is 0 Å². The largest absolute Gasteiger partial charge is 0.455 e. The zero-order chi connectivity index (χ0) is 32.3. The van der Waals surface area contributed by atoms with E-state index in [1.165, 1.54) is 16.2 Å². The van der Waals surface area contributed by atoms with Gasteiger partial charge in [0, 0.05) is 32.8 Å². The molecule has 0 radical (unpaired) electrons. The van der Waals surface area contributed by atoms with Crippen LogP contribution in [0.5, 0.6) is 0 Å². The molecule has 0 aliphatic rings. The smallest absolute Gasteiger partial charge is 0.164 e. The van der Waals surface area contributed by atoms with E-state index in [9.17, 15) is 0 Å². The first kappa shape index (κ1) is 27.5. The van der Waals surface area contributed by atoms with Gasteiger partial charge >= 0.3 is 0 Å². The molecule has 0 aliphatic carbocycles. The highest BCUT2D eigenvalue weighted by Crippen LogP contribution is 2.42. The molecule has 0 saturated heterocycles. The van der Waals surface area contributed by atoms with Gasteiger partial charge in [0.1, 0.15) is 11.2 Å². The molecule has 10 aromatic rings. The van der Waals surface area contributed by atoms with Crippen LogP contribution >= 0.6 is 0 Å². The van der Waals surface area contributed by atoms with E-state index in [0.29, 0.717) is 17.5 Å². The lowest BCUT2D eigenvalue weighted by molar-refractivity contribution is 0.673. The number of furan rings is 1. The Morgan fingerprint density at radius 2 is 0.918 bits per heavy atom. The maximum Gasteiger partial charge on any atom is 0.164 e. The van der Waals surface area contributed by atoms with Crippen molar-refractivity contribution in [2.75, 3.05) is 0 Å². The molecule has 4 nitrogen and oxygen atoms in total. The third kappa shape index (κ3) is 4.49. The zero-order valence-corrected chi connectivity index (χ0v) is 26.3. The molecule has 0 fully saturated rings. The van der Waals surface area contributed by atoms with E-state index in [4.69, 9.17) is 19.4 Å². The number of hydrogen-bond donors (Lipinski definition) is 0. The summed E-state index contributed by atoms with van der Waals surface area (Å²) >= 11 is 0. The van der Waals surface area contributed by atoms with E-state index in [1.807, 2.05) is 60.7 Å². The summed E-state index contributed by atoms with van der Waals surface area (Å²) in [5, 5.41) is 9.34. The zero-order valence-electron chi connectivity index (χ0n) is 26.3. The minimum absolute atomic E-state index is 0.644. The fourth-order valence-electron chi connectivity index (χ4n) is 7.19. The maximum absolute atomic E-state index is 6.58. The standard InChI is InChI=1S/C45H27N3O/c1-3-12-28(13-4-1)43-46-44(29-14-5-2-6-15-29)48-45(47-43)32-22-24-34-30(26-32)16-11-21-33(34)31-23-25-40-39(27-31)41-37-19-9-7-17-35(37)36-18-8-10-20-38(36)42(41)49-40/h1-27H. The van der Waals surface area contributed by atoms with Gasteiger partial charge in [-0.3, -0.25) is 0 Å². The lowest BCUT2D eigenvalue weighted by Crippen LogP contribution is -2.00. The Morgan fingerprint density at radius 3 is 1.61 bits per heavy atom. The van der Waals surface area contributed by atoms with Crippen molar-refractivity contribution in [3.05, 3.63) is 164 Å². The Bertz CT molecular complexity index is 2820. The lowest BCUT2D eigenvalue weighted by atomic mass is 9.94. The molecule has 0 amide bonds. The number of hydrogen-bond acceptors (Lipinski definition) is 4. The monoisotopic (exact) mass is 625 g/mol. The van der Waals surface area contributed by atoms with Crippen LogP contribution in [0.2, 0.25) is 0 Å². The second-order valence-electron chi connectivity index (χ2n) is 12.4. The van der Waals surface area contributed by atoms with Crippen molar-refractivity contribution in [2.45, 2.75) is 0 Å². The third-order valence-corrected chi connectivity index (χ3v) is 9.50. The molecule has 2 aromatic heterocycles. The predicted octanol–water partition coefficient (Wildman–Crippen LogP) is 11.9. The number of nitrogens with zero attached hydrogens (tertiary/aromatic N) is 3. The van der Waals surface area contributed by atoms with Gasteiger partial charge in [-0.1, -0.05) is 146 Å². The van der Waals surface area contributed by atoms with Gasteiger partial charge in [0.05, 0.1) is 0 Å². The minimum atomic E-state index is 0.644. The van der Waals surface area contributed by atoms with Crippen molar-refractivity contribution in [1.29, 1.82) is 0 Å². The highest BCUT2D eigenvalue weighted by atomic mass is 16.3. The Balaban J connectivity index is 1.13. The van der Waals surface area contributed by atoms with E-state index in [2.05, 4.69) is 103 Å². The first-order chi connectivity index (χ1) is 24.3. The summed E-state index contributed by atoms with van der Waals surface area (Å²) in [6.45, 7) is 0. The molecule has 10 rings (SSSR count). The number of fused-ring (bicyclic) bond motifs is 9.